The molecule has 0 aliphatic rings. The van der Waals surface area contributed by atoms with Gasteiger partial charge in [0, 0.05) is 30.1 Å². The first kappa shape index (κ1) is 19.4. The average molecular weight is 407 g/mol. The first-order valence-corrected chi connectivity index (χ1v) is 10.2. The number of nitrogens with zero attached hydrogens (tertiary/aromatic N) is 5. The van der Waals surface area contributed by atoms with E-state index in [1.807, 2.05) is 12.1 Å². The highest BCUT2D eigenvalue weighted by Gasteiger charge is 2.18. The maximum absolute atomic E-state index is 13.2. The van der Waals surface area contributed by atoms with E-state index in [1.165, 1.54) is 10.9 Å². The molecule has 1 unspecified atom stereocenters. The van der Waals surface area contributed by atoms with Crippen LogP contribution in [0, 0.1) is 0 Å². The highest BCUT2D eigenvalue weighted by Crippen LogP contribution is 2.32. The lowest BCUT2D eigenvalue weighted by atomic mass is 10.1. The maximum Gasteiger partial charge on any atom is 0.261 e. The van der Waals surface area contributed by atoms with Crippen molar-refractivity contribution < 1.29 is 5.11 Å². The molecule has 7 nitrogen and oxygen atoms in total. The highest BCUT2D eigenvalue weighted by atomic mass is 32.1. The first-order valence-electron chi connectivity index (χ1n) is 9.38. The van der Waals surface area contributed by atoms with E-state index < -0.39 is 0 Å². The molecule has 4 rings (SSSR count). The smallest absolute Gasteiger partial charge is 0.261 e. The highest BCUT2D eigenvalue weighted by molar-refractivity contribution is 7.15. The van der Waals surface area contributed by atoms with Crippen molar-refractivity contribution in [3.63, 3.8) is 0 Å². The zero-order chi connectivity index (χ0) is 20.5. The van der Waals surface area contributed by atoms with Crippen molar-refractivity contribution in [2.45, 2.75) is 32.7 Å². The minimum Gasteiger partial charge on any atom is -0.394 e. The van der Waals surface area contributed by atoms with E-state index in [2.05, 4.69) is 28.8 Å². The van der Waals surface area contributed by atoms with Gasteiger partial charge in [0.25, 0.3) is 5.56 Å². The number of hydrogen-bond acceptors (Lipinski definition) is 7. The van der Waals surface area contributed by atoms with Crippen LogP contribution in [0.2, 0.25) is 0 Å². The van der Waals surface area contributed by atoms with Gasteiger partial charge in [-0.3, -0.25) is 14.3 Å². The van der Waals surface area contributed by atoms with Crippen LogP contribution < -0.4 is 5.56 Å². The molecule has 8 heteroatoms. The Morgan fingerprint density at radius 2 is 2.03 bits per heavy atom. The largest absolute Gasteiger partial charge is 0.394 e. The second-order valence-corrected chi connectivity index (χ2v) is 8.26. The molecule has 4 heterocycles. The summed E-state index contributed by atoms with van der Waals surface area (Å²) in [5, 5.41) is 11.0. The summed E-state index contributed by atoms with van der Waals surface area (Å²) in [4.78, 5) is 32.1. The van der Waals surface area contributed by atoms with Gasteiger partial charge >= 0.3 is 0 Å². The minimum absolute atomic E-state index is 0.146. The van der Waals surface area contributed by atoms with Crippen molar-refractivity contribution in [2.24, 2.45) is 0 Å². The molecule has 0 aromatic carbocycles. The second kappa shape index (κ2) is 7.81. The molecule has 4 aromatic heterocycles. The average Bonchev–Trinajstić information content (AvgIpc) is 3.24. The van der Waals surface area contributed by atoms with Crippen molar-refractivity contribution in [3.05, 3.63) is 58.5 Å². The molecule has 29 heavy (non-hydrogen) atoms. The monoisotopic (exact) mass is 407 g/mol. The van der Waals surface area contributed by atoms with Gasteiger partial charge in [-0.05, 0) is 25.1 Å². The van der Waals surface area contributed by atoms with Crippen molar-refractivity contribution in [3.8, 4) is 21.8 Å². The minimum atomic E-state index is -0.367. The summed E-state index contributed by atoms with van der Waals surface area (Å²) in [6, 6.07) is 5.12. The molecular formula is C21H21N5O2S. The molecule has 0 saturated carbocycles. The summed E-state index contributed by atoms with van der Waals surface area (Å²) < 4.78 is 1.45. The Kier molecular flexibility index (Phi) is 5.21. The molecule has 0 amide bonds. The van der Waals surface area contributed by atoms with E-state index in [0.29, 0.717) is 28.2 Å². The van der Waals surface area contributed by atoms with Crippen LogP contribution in [0.15, 0.2) is 47.9 Å². The van der Waals surface area contributed by atoms with Gasteiger partial charge in [-0.1, -0.05) is 13.8 Å². The standard InChI is InChI=1S/C21H21N5O2S/c1-12(2)20-23-9-17(29-20)16-7-15-19(18(25-16)14-5-4-6-22-8-14)24-11-26(21(15)28)13(3)10-27/h4-9,11-13,27H,10H2,1-3H3. The summed E-state index contributed by atoms with van der Waals surface area (Å²) in [6.07, 6.45) is 6.67. The zero-order valence-electron chi connectivity index (χ0n) is 16.4. The Hall–Kier alpha value is -2.97. The first-order chi connectivity index (χ1) is 14.0. The van der Waals surface area contributed by atoms with Crippen LogP contribution in [0.3, 0.4) is 0 Å². The number of fused-ring (bicyclic) bond motifs is 1. The lowest BCUT2D eigenvalue weighted by Gasteiger charge is -2.14. The van der Waals surface area contributed by atoms with E-state index in [-0.39, 0.29) is 18.2 Å². The number of thiazole rings is 1. The molecule has 0 aliphatic heterocycles. The molecular weight excluding hydrogens is 386 g/mol. The van der Waals surface area contributed by atoms with Crippen LogP contribution >= 0.6 is 11.3 Å². The van der Waals surface area contributed by atoms with E-state index in [4.69, 9.17) is 4.98 Å². The molecule has 4 aromatic rings. The number of aromatic nitrogens is 5. The van der Waals surface area contributed by atoms with Gasteiger partial charge in [0.05, 0.1) is 45.6 Å². The molecule has 0 radical (unpaired) electrons. The lowest BCUT2D eigenvalue weighted by Crippen LogP contribution is -2.25. The van der Waals surface area contributed by atoms with Crippen molar-refractivity contribution in [1.29, 1.82) is 0 Å². The Balaban J connectivity index is 2.01. The molecule has 1 N–H and O–H groups in total. The predicted octanol–water partition coefficient (Wildman–Crippen LogP) is 3.65. The van der Waals surface area contributed by atoms with E-state index in [1.54, 1.807) is 42.9 Å². The normalized spacial score (nSPS) is 12.6. The van der Waals surface area contributed by atoms with Gasteiger partial charge in [-0.25, -0.2) is 15.0 Å². The fourth-order valence-corrected chi connectivity index (χ4v) is 3.93. The summed E-state index contributed by atoms with van der Waals surface area (Å²) in [5.74, 6) is 0.316. The molecule has 0 aliphatic carbocycles. The third-order valence-corrected chi connectivity index (χ3v) is 6.03. The van der Waals surface area contributed by atoms with Crippen LogP contribution in [-0.4, -0.2) is 36.2 Å². The summed E-state index contributed by atoms with van der Waals surface area (Å²) in [6.45, 7) is 5.82. The third kappa shape index (κ3) is 3.56. The molecule has 148 valence electrons. The Morgan fingerprint density at radius 3 is 2.69 bits per heavy atom. The van der Waals surface area contributed by atoms with Gasteiger partial charge in [-0.15, -0.1) is 11.3 Å². The molecule has 0 saturated heterocycles. The number of hydrogen-bond donors (Lipinski definition) is 1. The Labute approximate surface area is 171 Å². The predicted molar refractivity (Wildman–Crippen MR) is 114 cm³/mol. The zero-order valence-corrected chi connectivity index (χ0v) is 17.2. The fraction of sp³-hybridized carbons (Fsp3) is 0.286. The number of pyridine rings is 2. The van der Waals surface area contributed by atoms with Gasteiger partial charge in [0.2, 0.25) is 0 Å². The molecule has 0 spiro atoms. The lowest BCUT2D eigenvalue weighted by molar-refractivity contribution is 0.236. The van der Waals surface area contributed by atoms with Crippen molar-refractivity contribution in [1.82, 2.24) is 24.5 Å². The van der Waals surface area contributed by atoms with Crippen molar-refractivity contribution in [2.75, 3.05) is 6.61 Å². The van der Waals surface area contributed by atoms with Crippen LogP contribution in [0.1, 0.15) is 37.7 Å². The molecule has 0 bridgehead atoms. The number of aliphatic hydroxyl groups excluding tert-OH is 1. The SMILES string of the molecule is CC(C)c1ncc(-c2cc3c(=O)n(C(C)CO)cnc3c(-c3cccnc3)n2)s1. The van der Waals surface area contributed by atoms with Gasteiger partial charge in [0.1, 0.15) is 5.52 Å². The van der Waals surface area contributed by atoms with Crippen molar-refractivity contribution >= 4 is 22.2 Å². The van der Waals surface area contributed by atoms with E-state index in [9.17, 15) is 9.90 Å². The molecule has 1 atom stereocenters. The Bertz CT molecular complexity index is 1220. The summed E-state index contributed by atoms with van der Waals surface area (Å²) in [5.41, 5.74) is 2.37. The van der Waals surface area contributed by atoms with Crippen LogP contribution in [0.4, 0.5) is 0 Å². The van der Waals surface area contributed by atoms with Crippen LogP contribution in [0.5, 0.6) is 0 Å². The topological polar surface area (TPSA) is 93.8 Å². The summed E-state index contributed by atoms with van der Waals surface area (Å²) in [7, 11) is 0. The van der Waals surface area contributed by atoms with Gasteiger partial charge in [-0.2, -0.15) is 0 Å². The fourth-order valence-electron chi connectivity index (χ4n) is 3.05. The van der Waals surface area contributed by atoms with Gasteiger partial charge in [0.15, 0.2) is 0 Å². The van der Waals surface area contributed by atoms with E-state index >= 15 is 0 Å². The summed E-state index contributed by atoms with van der Waals surface area (Å²) >= 11 is 1.57. The van der Waals surface area contributed by atoms with E-state index in [0.717, 1.165) is 15.4 Å². The Morgan fingerprint density at radius 1 is 1.21 bits per heavy atom. The number of aliphatic hydroxyl groups is 1. The quantitative estimate of drug-likeness (QED) is 0.543. The van der Waals surface area contributed by atoms with Crippen LogP contribution in [-0.2, 0) is 0 Å². The van der Waals surface area contributed by atoms with Crippen LogP contribution in [0.25, 0.3) is 32.7 Å². The second-order valence-electron chi connectivity index (χ2n) is 7.20. The maximum atomic E-state index is 13.2. The molecule has 0 fully saturated rings. The number of rotatable bonds is 5. The van der Waals surface area contributed by atoms with Gasteiger partial charge < -0.3 is 5.11 Å². The third-order valence-electron chi connectivity index (χ3n) is 4.71.